The smallest absolute Gasteiger partial charge is 0.225 e. The van der Waals surface area contributed by atoms with E-state index in [1.54, 1.807) is 11.3 Å². The van der Waals surface area contributed by atoms with Crippen LogP contribution in [0.2, 0.25) is 0 Å². The topological polar surface area (TPSA) is 41.1 Å². The van der Waals surface area contributed by atoms with Gasteiger partial charge in [-0.15, -0.1) is 11.3 Å². The molecule has 2 aromatic heterocycles. The van der Waals surface area contributed by atoms with Crippen LogP contribution >= 0.6 is 23.1 Å². The minimum Gasteiger partial charge on any atom is -0.357 e. The lowest BCUT2D eigenvalue weighted by atomic mass is 10.3. The van der Waals surface area contributed by atoms with Crippen molar-refractivity contribution < 1.29 is 0 Å². The van der Waals surface area contributed by atoms with Crippen molar-refractivity contribution >= 4 is 45.1 Å². The number of hydrogen-bond donors (Lipinski definition) is 1. The average Bonchev–Trinajstić information content (AvgIpc) is 2.76. The molecule has 0 spiro atoms. The Morgan fingerprint density at radius 1 is 1.47 bits per heavy atom. The Labute approximate surface area is 122 Å². The summed E-state index contributed by atoms with van der Waals surface area (Å²) in [4.78, 5) is 13.7. The fourth-order valence-electron chi connectivity index (χ4n) is 1.97. The standard InChI is InChI=1S/C13H20N4S2/c1-8(7-18-5)17(4)11-10-6-9(2)19-12(10)16-13(14-3)15-11/h6,8H,7H2,1-5H3,(H,14,15,16). The van der Waals surface area contributed by atoms with Gasteiger partial charge in [-0.05, 0) is 26.2 Å². The molecule has 0 aliphatic heterocycles. The lowest BCUT2D eigenvalue weighted by Crippen LogP contribution is -2.31. The van der Waals surface area contributed by atoms with E-state index in [9.17, 15) is 0 Å². The van der Waals surface area contributed by atoms with Crippen molar-refractivity contribution in [1.29, 1.82) is 0 Å². The third kappa shape index (κ3) is 2.95. The third-order valence-corrected chi connectivity index (χ3v) is 4.88. The molecule has 0 aromatic carbocycles. The van der Waals surface area contributed by atoms with Crippen molar-refractivity contribution in [2.75, 3.05) is 36.3 Å². The molecule has 0 aliphatic rings. The van der Waals surface area contributed by atoms with Gasteiger partial charge in [0.1, 0.15) is 10.6 Å². The monoisotopic (exact) mass is 296 g/mol. The second-order valence-corrected chi connectivity index (χ2v) is 6.76. The Hall–Kier alpha value is -1.01. The summed E-state index contributed by atoms with van der Waals surface area (Å²) in [6.07, 6.45) is 2.13. The molecule has 0 amide bonds. The van der Waals surface area contributed by atoms with Gasteiger partial charge in [0.25, 0.3) is 0 Å². The van der Waals surface area contributed by atoms with E-state index in [2.05, 4.69) is 53.4 Å². The first-order valence-electron chi connectivity index (χ1n) is 6.24. The van der Waals surface area contributed by atoms with Gasteiger partial charge in [-0.3, -0.25) is 0 Å². The van der Waals surface area contributed by atoms with Crippen LogP contribution in [0.5, 0.6) is 0 Å². The van der Waals surface area contributed by atoms with Gasteiger partial charge < -0.3 is 10.2 Å². The molecule has 0 fully saturated rings. The molecule has 2 aromatic rings. The fourth-order valence-corrected chi connectivity index (χ4v) is 3.55. The number of nitrogens with one attached hydrogen (secondary N) is 1. The van der Waals surface area contributed by atoms with Crippen LogP contribution in [0, 0.1) is 6.92 Å². The number of thiophene rings is 1. The molecular formula is C13H20N4S2. The number of rotatable bonds is 5. The SMILES string of the molecule is CNc1nc(N(C)C(C)CSC)c2cc(C)sc2n1. The van der Waals surface area contributed by atoms with Crippen LogP contribution in [-0.4, -0.2) is 42.1 Å². The normalized spacial score (nSPS) is 12.7. The van der Waals surface area contributed by atoms with Gasteiger partial charge in [0.05, 0.1) is 5.39 Å². The Balaban J connectivity index is 2.50. The number of nitrogens with zero attached hydrogens (tertiary/aromatic N) is 3. The van der Waals surface area contributed by atoms with Gasteiger partial charge in [-0.2, -0.15) is 16.7 Å². The first kappa shape index (κ1) is 14.4. The number of fused-ring (bicyclic) bond motifs is 1. The average molecular weight is 296 g/mol. The van der Waals surface area contributed by atoms with Gasteiger partial charge in [-0.25, -0.2) is 4.98 Å². The minimum atomic E-state index is 0.443. The Morgan fingerprint density at radius 3 is 2.84 bits per heavy atom. The van der Waals surface area contributed by atoms with E-state index in [-0.39, 0.29) is 0 Å². The fraction of sp³-hybridized carbons (Fsp3) is 0.538. The van der Waals surface area contributed by atoms with E-state index in [1.165, 1.54) is 4.88 Å². The molecule has 19 heavy (non-hydrogen) atoms. The highest BCUT2D eigenvalue weighted by atomic mass is 32.2. The number of hydrogen-bond acceptors (Lipinski definition) is 6. The summed E-state index contributed by atoms with van der Waals surface area (Å²) in [5.41, 5.74) is 0. The Morgan fingerprint density at radius 2 is 2.21 bits per heavy atom. The Kier molecular flexibility index (Phi) is 4.52. The molecule has 0 saturated carbocycles. The van der Waals surface area contributed by atoms with Crippen molar-refractivity contribution in [1.82, 2.24) is 9.97 Å². The summed E-state index contributed by atoms with van der Waals surface area (Å²) < 4.78 is 0. The highest BCUT2D eigenvalue weighted by Crippen LogP contribution is 2.32. The van der Waals surface area contributed by atoms with Crippen LogP contribution in [0.3, 0.4) is 0 Å². The maximum absolute atomic E-state index is 4.64. The predicted molar refractivity (Wildman–Crippen MR) is 87.9 cm³/mol. The predicted octanol–water partition coefficient (Wildman–Crippen LogP) is 3.23. The van der Waals surface area contributed by atoms with E-state index in [1.807, 2.05) is 18.8 Å². The molecular weight excluding hydrogens is 276 g/mol. The van der Waals surface area contributed by atoms with Crippen LogP contribution in [-0.2, 0) is 0 Å². The largest absolute Gasteiger partial charge is 0.357 e. The third-order valence-electron chi connectivity index (χ3n) is 3.12. The first-order valence-corrected chi connectivity index (χ1v) is 8.45. The lowest BCUT2D eigenvalue weighted by Gasteiger charge is -2.26. The zero-order valence-corrected chi connectivity index (χ0v) is 13.7. The van der Waals surface area contributed by atoms with Crippen LogP contribution in [0.4, 0.5) is 11.8 Å². The van der Waals surface area contributed by atoms with E-state index in [4.69, 9.17) is 0 Å². The molecule has 0 bridgehead atoms. The summed E-state index contributed by atoms with van der Waals surface area (Å²) in [6, 6.07) is 2.62. The number of anilines is 2. The summed E-state index contributed by atoms with van der Waals surface area (Å²) in [6.45, 7) is 4.34. The highest BCUT2D eigenvalue weighted by Gasteiger charge is 2.17. The van der Waals surface area contributed by atoms with Gasteiger partial charge in [0, 0.05) is 30.8 Å². The molecule has 2 heterocycles. The molecule has 104 valence electrons. The number of aromatic nitrogens is 2. The van der Waals surface area contributed by atoms with Crippen LogP contribution in [0.25, 0.3) is 10.2 Å². The van der Waals surface area contributed by atoms with Crippen LogP contribution < -0.4 is 10.2 Å². The summed E-state index contributed by atoms with van der Waals surface area (Å²) in [5, 5.41) is 4.20. The first-order chi connectivity index (χ1) is 9.06. The Bertz CT molecular complexity index is 567. The van der Waals surface area contributed by atoms with Gasteiger partial charge in [-0.1, -0.05) is 0 Å². The van der Waals surface area contributed by atoms with E-state index in [0.29, 0.717) is 12.0 Å². The summed E-state index contributed by atoms with van der Waals surface area (Å²) in [5.74, 6) is 2.79. The molecule has 0 radical (unpaired) electrons. The molecule has 1 unspecified atom stereocenters. The van der Waals surface area contributed by atoms with Crippen molar-refractivity contribution in [2.45, 2.75) is 19.9 Å². The zero-order valence-electron chi connectivity index (χ0n) is 12.0. The molecule has 1 atom stereocenters. The van der Waals surface area contributed by atoms with Crippen LogP contribution in [0.1, 0.15) is 11.8 Å². The molecule has 1 N–H and O–H groups in total. The molecule has 4 nitrogen and oxygen atoms in total. The van der Waals surface area contributed by atoms with Gasteiger partial charge in [0.15, 0.2) is 0 Å². The maximum Gasteiger partial charge on any atom is 0.225 e. The van der Waals surface area contributed by atoms with Crippen molar-refractivity contribution in [3.63, 3.8) is 0 Å². The zero-order chi connectivity index (χ0) is 14.0. The quantitative estimate of drug-likeness (QED) is 0.917. The van der Waals surface area contributed by atoms with E-state index in [0.717, 1.165) is 21.8 Å². The second-order valence-electron chi connectivity index (χ2n) is 4.61. The molecule has 2 rings (SSSR count). The van der Waals surface area contributed by atoms with Gasteiger partial charge >= 0.3 is 0 Å². The molecule has 0 saturated heterocycles. The molecule has 6 heteroatoms. The number of thioether (sulfide) groups is 1. The van der Waals surface area contributed by atoms with Crippen molar-refractivity contribution in [2.24, 2.45) is 0 Å². The van der Waals surface area contributed by atoms with E-state index < -0.39 is 0 Å². The lowest BCUT2D eigenvalue weighted by molar-refractivity contribution is 0.756. The second kappa shape index (κ2) is 5.96. The van der Waals surface area contributed by atoms with Crippen LogP contribution in [0.15, 0.2) is 6.07 Å². The minimum absolute atomic E-state index is 0.443. The van der Waals surface area contributed by atoms with E-state index >= 15 is 0 Å². The highest BCUT2D eigenvalue weighted by molar-refractivity contribution is 7.98. The van der Waals surface area contributed by atoms with Crippen molar-refractivity contribution in [3.8, 4) is 0 Å². The van der Waals surface area contributed by atoms with Crippen molar-refractivity contribution in [3.05, 3.63) is 10.9 Å². The maximum atomic E-state index is 4.64. The summed E-state index contributed by atoms with van der Waals surface area (Å²) >= 11 is 3.57. The number of aryl methyl sites for hydroxylation is 1. The van der Waals surface area contributed by atoms with Gasteiger partial charge in [0.2, 0.25) is 5.95 Å². The molecule has 0 aliphatic carbocycles. The summed E-state index contributed by atoms with van der Waals surface area (Å²) in [7, 11) is 3.96.